The Kier molecular flexibility index (Phi) is 8.08. The summed E-state index contributed by atoms with van der Waals surface area (Å²) in [6.45, 7) is 6.76. The van der Waals surface area contributed by atoms with E-state index in [1.165, 1.54) is 51.1 Å². The maximum absolute atomic E-state index is 11.4. The third-order valence-electron chi connectivity index (χ3n) is 3.86. The van der Waals surface area contributed by atoms with Crippen LogP contribution < -0.4 is 9.47 Å². The zero-order valence-corrected chi connectivity index (χ0v) is 13.3. The van der Waals surface area contributed by atoms with E-state index in [0.29, 0.717) is 0 Å². The Labute approximate surface area is 123 Å². The van der Waals surface area contributed by atoms with Crippen LogP contribution in [0.2, 0.25) is 0 Å². The molecule has 1 heterocycles. The lowest BCUT2D eigenvalue weighted by atomic mass is 10.1. The number of pyridine rings is 1. The first-order chi connectivity index (χ1) is 9.66. The molecule has 1 rings (SSSR count). The van der Waals surface area contributed by atoms with Crippen LogP contribution in [0.25, 0.3) is 0 Å². The molecule has 3 heteroatoms. The largest absolute Gasteiger partial charge is 0.618 e. The second kappa shape index (κ2) is 9.62. The SMILES string of the molecule is CCCCCCCCCCOc1cc[n+]([O-])c(C)c1C. The number of hydrogen-bond acceptors (Lipinski definition) is 2. The number of nitrogens with zero attached hydrogens (tertiary/aromatic N) is 1. The van der Waals surface area contributed by atoms with E-state index in [-0.39, 0.29) is 0 Å². The van der Waals surface area contributed by atoms with Gasteiger partial charge >= 0.3 is 0 Å². The summed E-state index contributed by atoms with van der Waals surface area (Å²) in [6, 6.07) is 1.76. The fourth-order valence-corrected chi connectivity index (χ4v) is 2.29. The Morgan fingerprint density at radius 2 is 1.60 bits per heavy atom. The third kappa shape index (κ3) is 5.81. The minimum absolute atomic E-state index is 0.721. The molecule has 1 aromatic heterocycles. The molecule has 0 radical (unpaired) electrons. The molecule has 0 spiro atoms. The van der Waals surface area contributed by atoms with Gasteiger partial charge in [0.1, 0.15) is 5.75 Å². The van der Waals surface area contributed by atoms with Crippen LogP contribution in [-0.2, 0) is 0 Å². The maximum Gasteiger partial charge on any atom is 0.196 e. The molecule has 0 unspecified atom stereocenters. The summed E-state index contributed by atoms with van der Waals surface area (Å²) in [5.41, 5.74) is 1.67. The molecule has 1 aromatic rings. The lowest BCUT2D eigenvalue weighted by molar-refractivity contribution is -0.612. The number of aromatic nitrogens is 1. The second-order valence-corrected chi connectivity index (χ2v) is 5.54. The average Bonchev–Trinajstić information content (AvgIpc) is 2.45. The van der Waals surface area contributed by atoms with Gasteiger partial charge in [-0.1, -0.05) is 51.9 Å². The lowest BCUT2D eigenvalue weighted by Gasteiger charge is -2.10. The smallest absolute Gasteiger partial charge is 0.196 e. The quantitative estimate of drug-likeness (QED) is 0.360. The monoisotopic (exact) mass is 279 g/mol. The van der Waals surface area contributed by atoms with Gasteiger partial charge in [-0.3, -0.25) is 0 Å². The highest BCUT2D eigenvalue weighted by Gasteiger charge is 2.09. The van der Waals surface area contributed by atoms with Gasteiger partial charge in [0, 0.05) is 13.0 Å². The normalized spacial score (nSPS) is 10.8. The van der Waals surface area contributed by atoms with Gasteiger partial charge in [-0.2, -0.15) is 4.73 Å². The highest BCUT2D eigenvalue weighted by Crippen LogP contribution is 2.18. The van der Waals surface area contributed by atoms with Crippen LogP contribution in [0, 0.1) is 19.1 Å². The van der Waals surface area contributed by atoms with E-state index in [1.807, 2.05) is 13.8 Å². The van der Waals surface area contributed by atoms with Crippen molar-refractivity contribution in [3.8, 4) is 5.75 Å². The van der Waals surface area contributed by atoms with Crippen LogP contribution >= 0.6 is 0 Å². The zero-order valence-electron chi connectivity index (χ0n) is 13.3. The molecule has 0 aromatic carbocycles. The van der Waals surface area contributed by atoms with Gasteiger partial charge in [0.15, 0.2) is 11.9 Å². The zero-order chi connectivity index (χ0) is 14.8. The standard InChI is InChI=1S/C17H29NO2/c1-4-5-6-7-8-9-10-11-14-20-17-12-13-18(19)16(3)15(17)2/h12-13H,4-11,14H2,1-3H3. The molecular weight excluding hydrogens is 250 g/mol. The molecule has 20 heavy (non-hydrogen) atoms. The van der Waals surface area contributed by atoms with E-state index in [4.69, 9.17) is 4.74 Å². The first-order valence-electron chi connectivity index (χ1n) is 7.99. The minimum atomic E-state index is 0.721. The molecule has 0 saturated heterocycles. The van der Waals surface area contributed by atoms with Gasteiger partial charge in [-0.25, -0.2) is 0 Å². The van der Waals surface area contributed by atoms with E-state index in [2.05, 4.69) is 6.92 Å². The van der Waals surface area contributed by atoms with Gasteiger partial charge in [0.05, 0.1) is 12.2 Å². The fraction of sp³-hybridized carbons (Fsp3) is 0.706. The molecule has 3 nitrogen and oxygen atoms in total. The summed E-state index contributed by atoms with van der Waals surface area (Å²) in [7, 11) is 0. The summed E-state index contributed by atoms with van der Waals surface area (Å²) in [4.78, 5) is 0. The van der Waals surface area contributed by atoms with Crippen molar-refractivity contribution in [3.63, 3.8) is 0 Å². The van der Waals surface area contributed by atoms with Gasteiger partial charge in [-0.15, -0.1) is 0 Å². The Balaban J connectivity index is 2.11. The van der Waals surface area contributed by atoms with Crippen molar-refractivity contribution < 1.29 is 9.47 Å². The first kappa shape index (κ1) is 16.8. The number of ether oxygens (including phenoxy) is 1. The lowest BCUT2D eigenvalue weighted by Crippen LogP contribution is -2.30. The van der Waals surface area contributed by atoms with Crippen LogP contribution in [-0.4, -0.2) is 6.61 Å². The second-order valence-electron chi connectivity index (χ2n) is 5.54. The topological polar surface area (TPSA) is 36.2 Å². The molecule has 0 bridgehead atoms. The van der Waals surface area contributed by atoms with E-state index in [0.717, 1.165) is 34.8 Å². The Morgan fingerprint density at radius 3 is 2.25 bits per heavy atom. The van der Waals surface area contributed by atoms with Crippen LogP contribution in [0.15, 0.2) is 12.3 Å². The van der Waals surface area contributed by atoms with Crippen molar-refractivity contribution in [2.45, 2.75) is 72.1 Å². The van der Waals surface area contributed by atoms with Crippen molar-refractivity contribution >= 4 is 0 Å². The van der Waals surface area contributed by atoms with E-state index < -0.39 is 0 Å². The van der Waals surface area contributed by atoms with Gasteiger partial charge < -0.3 is 9.94 Å². The Morgan fingerprint density at radius 1 is 1.00 bits per heavy atom. The average molecular weight is 279 g/mol. The van der Waals surface area contributed by atoms with Crippen molar-refractivity contribution in [1.29, 1.82) is 0 Å². The number of hydrogen-bond donors (Lipinski definition) is 0. The van der Waals surface area contributed by atoms with Crippen molar-refractivity contribution in [3.05, 3.63) is 28.7 Å². The van der Waals surface area contributed by atoms with Gasteiger partial charge in [0.25, 0.3) is 0 Å². The highest BCUT2D eigenvalue weighted by molar-refractivity contribution is 5.31. The molecule has 114 valence electrons. The summed E-state index contributed by atoms with van der Waals surface area (Å²) < 4.78 is 6.65. The molecule has 0 saturated carbocycles. The number of rotatable bonds is 10. The highest BCUT2D eigenvalue weighted by atomic mass is 16.5. The van der Waals surface area contributed by atoms with Crippen molar-refractivity contribution in [1.82, 2.24) is 0 Å². The third-order valence-corrected chi connectivity index (χ3v) is 3.86. The molecule has 0 N–H and O–H groups in total. The van der Waals surface area contributed by atoms with Crippen LogP contribution in [0.4, 0.5) is 0 Å². The predicted molar refractivity (Wildman–Crippen MR) is 83.0 cm³/mol. The van der Waals surface area contributed by atoms with Crippen LogP contribution in [0.3, 0.4) is 0 Å². The number of unbranched alkanes of at least 4 members (excludes halogenated alkanes) is 7. The molecule has 0 amide bonds. The fourth-order valence-electron chi connectivity index (χ4n) is 2.29. The summed E-state index contributed by atoms with van der Waals surface area (Å²) in [5.74, 6) is 0.845. The summed E-state index contributed by atoms with van der Waals surface area (Å²) in [5, 5.41) is 11.4. The first-order valence-corrected chi connectivity index (χ1v) is 7.99. The summed E-state index contributed by atoms with van der Waals surface area (Å²) in [6.07, 6.45) is 11.9. The summed E-state index contributed by atoms with van der Waals surface area (Å²) >= 11 is 0. The molecule has 0 fully saturated rings. The van der Waals surface area contributed by atoms with Crippen molar-refractivity contribution in [2.24, 2.45) is 0 Å². The molecule has 0 aliphatic carbocycles. The van der Waals surface area contributed by atoms with Gasteiger partial charge in [-0.05, 0) is 13.3 Å². The minimum Gasteiger partial charge on any atom is -0.618 e. The molecule has 0 atom stereocenters. The maximum atomic E-state index is 11.4. The molecular formula is C17H29NO2. The van der Waals surface area contributed by atoms with E-state index in [9.17, 15) is 5.21 Å². The van der Waals surface area contributed by atoms with Crippen LogP contribution in [0.1, 0.15) is 69.5 Å². The van der Waals surface area contributed by atoms with E-state index >= 15 is 0 Å². The Bertz CT molecular complexity index is 391. The molecule has 0 aliphatic heterocycles. The van der Waals surface area contributed by atoms with Crippen molar-refractivity contribution in [2.75, 3.05) is 6.61 Å². The van der Waals surface area contributed by atoms with Crippen LogP contribution in [0.5, 0.6) is 5.75 Å². The molecule has 0 aliphatic rings. The Hall–Kier alpha value is -1.25. The van der Waals surface area contributed by atoms with E-state index in [1.54, 1.807) is 6.07 Å². The van der Waals surface area contributed by atoms with Gasteiger partial charge in [0.2, 0.25) is 0 Å². The predicted octanol–water partition coefficient (Wildman–Crippen LogP) is 4.46.